The summed E-state index contributed by atoms with van der Waals surface area (Å²) in [6.07, 6.45) is 1.77. The molecule has 0 aliphatic carbocycles. The van der Waals surface area contributed by atoms with Crippen LogP contribution in [0, 0.1) is 12.7 Å². The van der Waals surface area contributed by atoms with Crippen molar-refractivity contribution in [1.29, 1.82) is 0 Å². The fourth-order valence-electron chi connectivity index (χ4n) is 2.57. The SMILES string of the molecule is Cc1cc(C2CCCN2C(=O)Nc2ccc(F)cc2)on1. The number of hydrogen-bond acceptors (Lipinski definition) is 3. The summed E-state index contributed by atoms with van der Waals surface area (Å²) < 4.78 is 18.1. The minimum Gasteiger partial charge on any atom is -0.359 e. The number of likely N-dealkylation sites (tertiary alicyclic amines) is 1. The summed E-state index contributed by atoms with van der Waals surface area (Å²) in [6.45, 7) is 2.52. The second-order valence-electron chi connectivity index (χ2n) is 5.16. The van der Waals surface area contributed by atoms with Crippen molar-refractivity contribution in [2.75, 3.05) is 11.9 Å². The first kappa shape index (κ1) is 13.6. The number of aromatic nitrogens is 1. The van der Waals surface area contributed by atoms with Crippen LogP contribution in [0.3, 0.4) is 0 Å². The number of nitrogens with one attached hydrogen (secondary N) is 1. The minimum absolute atomic E-state index is 0.0911. The van der Waals surface area contributed by atoms with E-state index in [1.54, 1.807) is 4.90 Å². The van der Waals surface area contributed by atoms with E-state index in [1.165, 1.54) is 24.3 Å². The molecule has 6 heteroatoms. The molecule has 5 nitrogen and oxygen atoms in total. The molecule has 1 aliphatic heterocycles. The van der Waals surface area contributed by atoms with Crippen molar-refractivity contribution < 1.29 is 13.7 Å². The summed E-state index contributed by atoms with van der Waals surface area (Å²) in [5.74, 6) is 0.378. The van der Waals surface area contributed by atoms with Crippen molar-refractivity contribution in [3.63, 3.8) is 0 Å². The van der Waals surface area contributed by atoms with E-state index in [-0.39, 0.29) is 17.9 Å². The van der Waals surface area contributed by atoms with E-state index in [4.69, 9.17) is 4.52 Å². The van der Waals surface area contributed by atoms with Gasteiger partial charge in [0.25, 0.3) is 0 Å². The summed E-state index contributed by atoms with van der Waals surface area (Å²) in [5, 5.41) is 6.65. The van der Waals surface area contributed by atoms with Crippen LogP contribution in [0.25, 0.3) is 0 Å². The molecule has 1 saturated heterocycles. The molecule has 2 aromatic rings. The van der Waals surface area contributed by atoms with Gasteiger partial charge < -0.3 is 14.7 Å². The van der Waals surface area contributed by atoms with Gasteiger partial charge in [0.1, 0.15) is 5.82 Å². The molecule has 1 atom stereocenters. The zero-order chi connectivity index (χ0) is 14.8. The summed E-state index contributed by atoms with van der Waals surface area (Å²) in [6, 6.07) is 7.26. The molecule has 1 N–H and O–H groups in total. The Morgan fingerprint density at radius 3 is 2.86 bits per heavy atom. The molecule has 0 saturated carbocycles. The molecule has 2 heterocycles. The highest BCUT2D eigenvalue weighted by molar-refractivity contribution is 5.89. The van der Waals surface area contributed by atoms with Crippen LogP contribution in [-0.2, 0) is 0 Å². The molecule has 0 spiro atoms. The van der Waals surface area contributed by atoms with E-state index in [9.17, 15) is 9.18 Å². The molecule has 0 bridgehead atoms. The standard InChI is InChI=1S/C15H16FN3O2/c1-10-9-14(21-18-10)13-3-2-8-19(13)15(20)17-12-6-4-11(16)5-7-12/h4-7,9,13H,2-3,8H2,1H3,(H,17,20). The normalized spacial score (nSPS) is 18.0. The average molecular weight is 289 g/mol. The summed E-state index contributed by atoms with van der Waals surface area (Å²) in [7, 11) is 0. The third-order valence-electron chi connectivity index (χ3n) is 3.58. The third kappa shape index (κ3) is 2.89. The molecular weight excluding hydrogens is 273 g/mol. The Bertz CT molecular complexity index is 639. The number of carbonyl (C=O) groups excluding carboxylic acids is 1. The molecule has 1 aromatic heterocycles. The number of amides is 2. The maximum Gasteiger partial charge on any atom is 0.322 e. The lowest BCUT2D eigenvalue weighted by molar-refractivity contribution is 0.195. The lowest BCUT2D eigenvalue weighted by Gasteiger charge is -2.23. The summed E-state index contributed by atoms with van der Waals surface area (Å²) in [4.78, 5) is 14.1. The van der Waals surface area contributed by atoms with Gasteiger partial charge in [0, 0.05) is 18.3 Å². The quantitative estimate of drug-likeness (QED) is 0.920. The highest BCUT2D eigenvalue weighted by atomic mass is 19.1. The van der Waals surface area contributed by atoms with Gasteiger partial charge in [-0.25, -0.2) is 9.18 Å². The molecule has 0 radical (unpaired) electrons. The van der Waals surface area contributed by atoms with Crippen LogP contribution in [0.2, 0.25) is 0 Å². The molecule has 2 amide bonds. The summed E-state index contributed by atoms with van der Waals surface area (Å²) in [5.41, 5.74) is 1.37. The van der Waals surface area contributed by atoms with Crippen molar-refractivity contribution >= 4 is 11.7 Å². The van der Waals surface area contributed by atoms with Gasteiger partial charge in [0.2, 0.25) is 0 Å². The van der Waals surface area contributed by atoms with Crippen molar-refractivity contribution in [2.24, 2.45) is 0 Å². The Morgan fingerprint density at radius 1 is 1.43 bits per heavy atom. The van der Waals surface area contributed by atoms with E-state index in [2.05, 4.69) is 10.5 Å². The first-order valence-corrected chi connectivity index (χ1v) is 6.90. The lowest BCUT2D eigenvalue weighted by Crippen LogP contribution is -2.34. The molecule has 1 aromatic carbocycles. The van der Waals surface area contributed by atoms with E-state index in [1.807, 2.05) is 13.0 Å². The fourth-order valence-corrected chi connectivity index (χ4v) is 2.57. The molecule has 3 rings (SSSR count). The number of hydrogen-bond donors (Lipinski definition) is 1. The number of nitrogens with zero attached hydrogens (tertiary/aromatic N) is 2. The number of aryl methyl sites for hydroxylation is 1. The van der Waals surface area contributed by atoms with E-state index in [0.717, 1.165) is 18.5 Å². The predicted octanol–water partition coefficient (Wildman–Crippen LogP) is 3.49. The number of benzene rings is 1. The van der Waals surface area contributed by atoms with E-state index >= 15 is 0 Å². The summed E-state index contributed by atoms with van der Waals surface area (Å²) >= 11 is 0. The molecule has 1 aliphatic rings. The van der Waals surface area contributed by atoms with Gasteiger partial charge in [-0.3, -0.25) is 0 Å². The first-order valence-electron chi connectivity index (χ1n) is 6.90. The van der Waals surface area contributed by atoms with Gasteiger partial charge in [0.15, 0.2) is 5.76 Å². The molecular formula is C15H16FN3O2. The number of anilines is 1. The van der Waals surface area contributed by atoms with Crippen LogP contribution in [0.1, 0.15) is 30.3 Å². The number of halogens is 1. The van der Waals surface area contributed by atoms with Gasteiger partial charge in [-0.1, -0.05) is 5.16 Å². The zero-order valence-electron chi connectivity index (χ0n) is 11.7. The van der Waals surface area contributed by atoms with Crippen molar-refractivity contribution in [2.45, 2.75) is 25.8 Å². The predicted molar refractivity (Wildman–Crippen MR) is 75.3 cm³/mol. The van der Waals surface area contributed by atoms with Crippen LogP contribution < -0.4 is 5.32 Å². The topological polar surface area (TPSA) is 58.4 Å². The molecule has 110 valence electrons. The fraction of sp³-hybridized carbons (Fsp3) is 0.333. The maximum atomic E-state index is 12.9. The monoisotopic (exact) mass is 289 g/mol. The van der Waals surface area contributed by atoms with E-state index < -0.39 is 0 Å². The van der Waals surface area contributed by atoms with Crippen molar-refractivity contribution in [3.8, 4) is 0 Å². The average Bonchev–Trinajstić information content (AvgIpc) is 3.09. The Hall–Kier alpha value is -2.37. The molecule has 1 fully saturated rings. The van der Waals surface area contributed by atoms with Crippen molar-refractivity contribution in [1.82, 2.24) is 10.1 Å². The Kier molecular flexibility index (Phi) is 3.60. The highest BCUT2D eigenvalue weighted by Crippen LogP contribution is 2.32. The van der Waals surface area contributed by atoms with Crippen LogP contribution >= 0.6 is 0 Å². The van der Waals surface area contributed by atoms with Gasteiger partial charge in [-0.15, -0.1) is 0 Å². The van der Waals surface area contributed by atoms with E-state index in [0.29, 0.717) is 18.0 Å². The van der Waals surface area contributed by atoms with Crippen LogP contribution in [0.15, 0.2) is 34.9 Å². The number of carbonyl (C=O) groups is 1. The molecule has 1 unspecified atom stereocenters. The van der Waals surface area contributed by atoms with Gasteiger partial charge >= 0.3 is 6.03 Å². The highest BCUT2D eigenvalue weighted by Gasteiger charge is 2.32. The van der Waals surface area contributed by atoms with Crippen molar-refractivity contribution in [3.05, 3.63) is 47.6 Å². The van der Waals surface area contributed by atoms with Gasteiger partial charge in [-0.2, -0.15) is 0 Å². The van der Waals surface area contributed by atoms with Crippen LogP contribution in [0.5, 0.6) is 0 Å². The number of rotatable bonds is 2. The third-order valence-corrected chi connectivity index (χ3v) is 3.58. The second-order valence-corrected chi connectivity index (χ2v) is 5.16. The van der Waals surface area contributed by atoms with Gasteiger partial charge in [0.05, 0.1) is 11.7 Å². The van der Waals surface area contributed by atoms with Crippen LogP contribution in [0.4, 0.5) is 14.9 Å². The number of urea groups is 1. The zero-order valence-corrected chi connectivity index (χ0v) is 11.7. The Morgan fingerprint density at radius 2 is 2.19 bits per heavy atom. The Labute approximate surface area is 121 Å². The maximum absolute atomic E-state index is 12.9. The lowest BCUT2D eigenvalue weighted by atomic mass is 10.1. The van der Waals surface area contributed by atoms with Crippen LogP contribution in [-0.4, -0.2) is 22.6 Å². The molecule has 21 heavy (non-hydrogen) atoms. The second kappa shape index (κ2) is 5.55. The largest absolute Gasteiger partial charge is 0.359 e. The minimum atomic E-state index is -0.329. The van der Waals surface area contributed by atoms with Gasteiger partial charge in [-0.05, 0) is 44.0 Å². The Balaban J connectivity index is 1.72. The smallest absolute Gasteiger partial charge is 0.322 e. The first-order chi connectivity index (χ1) is 10.1.